The van der Waals surface area contributed by atoms with Crippen molar-refractivity contribution in [1.82, 2.24) is 10.2 Å². The van der Waals surface area contributed by atoms with E-state index in [1.807, 2.05) is 0 Å². The molecule has 2 rings (SSSR count). The van der Waals surface area contributed by atoms with E-state index in [0.29, 0.717) is 11.4 Å². The van der Waals surface area contributed by atoms with E-state index in [0.717, 1.165) is 6.07 Å². The molecule has 112 valence electrons. The quantitative estimate of drug-likeness (QED) is 0.659. The number of hydrogen-bond acceptors (Lipinski definition) is 5. The lowest BCUT2D eigenvalue weighted by atomic mass is 10.3. The number of sulfonamides is 1. The third kappa shape index (κ3) is 2.98. The van der Waals surface area contributed by atoms with Crippen LogP contribution >= 0.6 is 11.6 Å². The smallest absolute Gasteiger partial charge is 0.281 e. The molecular formula is C11H11ClN4O4S. The third-order valence-corrected chi connectivity index (χ3v) is 4.69. The summed E-state index contributed by atoms with van der Waals surface area (Å²) in [4.78, 5) is 10.1. The Morgan fingerprint density at radius 3 is 2.57 bits per heavy atom. The number of aryl methyl sites for hydroxylation is 2. The molecule has 1 heterocycles. The number of benzene rings is 1. The minimum absolute atomic E-state index is 0.0140. The Bertz CT molecular complexity index is 796. The van der Waals surface area contributed by atoms with Gasteiger partial charge in [0.25, 0.3) is 15.7 Å². The first kappa shape index (κ1) is 15.3. The molecule has 1 aromatic heterocycles. The molecule has 0 unspecified atom stereocenters. The van der Waals surface area contributed by atoms with Crippen LogP contribution in [0.4, 0.5) is 11.4 Å². The summed E-state index contributed by atoms with van der Waals surface area (Å²) in [5.74, 6) is 0. The Kier molecular flexibility index (Phi) is 3.88. The van der Waals surface area contributed by atoms with Crippen LogP contribution in [0.25, 0.3) is 0 Å². The number of aromatic nitrogens is 2. The van der Waals surface area contributed by atoms with Gasteiger partial charge in [-0.15, -0.1) is 0 Å². The molecule has 1 aromatic carbocycles. The number of nitrogens with zero attached hydrogens (tertiary/aromatic N) is 2. The van der Waals surface area contributed by atoms with Crippen molar-refractivity contribution >= 4 is 33.0 Å². The highest BCUT2D eigenvalue weighted by Gasteiger charge is 2.23. The number of nitrogens with one attached hydrogen (secondary N) is 2. The van der Waals surface area contributed by atoms with Crippen molar-refractivity contribution in [3.63, 3.8) is 0 Å². The molecule has 8 nitrogen and oxygen atoms in total. The largest absolute Gasteiger partial charge is 0.289 e. The maximum Gasteiger partial charge on any atom is 0.289 e. The van der Waals surface area contributed by atoms with Crippen molar-refractivity contribution in [2.45, 2.75) is 18.7 Å². The molecule has 0 saturated carbocycles. The van der Waals surface area contributed by atoms with Crippen molar-refractivity contribution in [3.05, 3.63) is 44.7 Å². The summed E-state index contributed by atoms with van der Waals surface area (Å²) in [6, 6.07) is 3.66. The van der Waals surface area contributed by atoms with E-state index in [1.54, 1.807) is 13.8 Å². The van der Waals surface area contributed by atoms with Crippen LogP contribution in [0.3, 0.4) is 0 Å². The molecule has 0 radical (unpaired) electrons. The first-order chi connectivity index (χ1) is 9.72. The second-order valence-corrected chi connectivity index (χ2v) is 6.32. The van der Waals surface area contributed by atoms with Crippen molar-refractivity contribution < 1.29 is 13.3 Å². The molecule has 0 aliphatic carbocycles. The minimum Gasteiger partial charge on any atom is -0.281 e. The van der Waals surface area contributed by atoms with Gasteiger partial charge in [-0.3, -0.25) is 19.9 Å². The van der Waals surface area contributed by atoms with Crippen LogP contribution in [-0.4, -0.2) is 23.5 Å². The normalized spacial score (nSPS) is 11.4. The van der Waals surface area contributed by atoms with Gasteiger partial charge in [0.1, 0.15) is 9.92 Å². The molecule has 21 heavy (non-hydrogen) atoms. The molecule has 10 heteroatoms. The van der Waals surface area contributed by atoms with Gasteiger partial charge in [0.2, 0.25) is 0 Å². The number of halogens is 1. The second kappa shape index (κ2) is 5.34. The number of aromatic amines is 1. The standard InChI is InChI=1S/C11H11ClN4O4S/c1-6-11(7(2)14-13-6)21(19,20)15-8-3-4-9(12)10(5-8)16(17)18/h3-5,15H,1-2H3,(H,13,14). The van der Waals surface area contributed by atoms with Crippen LogP contribution in [0.5, 0.6) is 0 Å². The zero-order chi connectivity index (χ0) is 15.8. The van der Waals surface area contributed by atoms with Gasteiger partial charge in [-0.2, -0.15) is 5.10 Å². The van der Waals surface area contributed by atoms with E-state index < -0.39 is 14.9 Å². The lowest BCUT2D eigenvalue weighted by molar-refractivity contribution is -0.384. The summed E-state index contributed by atoms with van der Waals surface area (Å²) in [6.07, 6.45) is 0. The van der Waals surface area contributed by atoms with Crippen LogP contribution in [0.2, 0.25) is 5.02 Å². The molecule has 0 bridgehead atoms. The molecule has 0 aliphatic rings. The van der Waals surface area contributed by atoms with Crippen molar-refractivity contribution in [2.24, 2.45) is 0 Å². The van der Waals surface area contributed by atoms with Crippen LogP contribution in [0.15, 0.2) is 23.1 Å². The highest BCUT2D eigenvalue weighted by molar-refractivity contribution is 7.92. The first-order valence-electron chi connectivity index (χ1n) is 5.70. The zero-order valence-electron chi connectivity index (χ0n) is 11.0. The minimum atomic E-state index is -3.90. The number of anilines is 1. The predicted octanol–water partition coefficient (Wildman–Crippen LogP) is 2.39. The topological polar surface area (TPSA) is 118 Å². The van der Waals surface area contributed by atoms with Gasteiger partial charge in [0, 0.05) is 6.07 Å². The number of rotatable bonds is 4. The fraction of sp³-hybridized carbons (Fsp3) is 0.182. The van der Waals surface area contributed by atoms with Gasteiger partial charge < -0.3 is 0 Å². The van der Waals surface area contributed by atoms with Crippen LogP contribution < -0.4 is 4.72 Å². The summed E-state index contributed by atoms with van der Waals surface area (Å²) in [5.41, 5.74) is 0.357. The first-order valence-corrected chi connectivity index (χ1v) is 7.57. The zero-order valence-corrected chi connectivity index (χ0v) is 12.6. The third-order valence-electron chi connectivity index (χ3n) is 2.72. The second-order valence-electron chi connectivity index (χ2n) is 4.29. The van der Waals surface area contributed by atoms with E-state index in [-0.39, 0.29) is 21.3 Å². The molecule has 0 saturated heterocycles. The van der Waals surface area contributed by atoms with E-state index in [4.69, 9.17) is 11.6 Å². The van der Waals surface area contributed by atoms with Gasteiger partial charge in [-0.1, -0.05) is 11.6 Å². The van der Waals surface area contributed by atoms with Gasteiger partial charge in [-0.25, -0.2) is 8.42 Å². The predicted molar refractivity (Wildman–Crippen MR) is 77.0 cm³/mol. The highest BCUT2D eigenvalue weighted by atomic mass is 35.5. The van der Waals surface area contributed by atoms with E-state index in [9.17, 15) is 18.5 Å². The lowest BCUT2D eigenvalue weighted by Gasteiger charge is -2.08. The molecule has 0 amide bonds. The molecule has 0 aliphatic heterocycles. The SMILES string of the molecule is Cc1n[nH]c(C)c1S(=O)(=O)Nc1ccc(Cl)c([N+](=O)[O-])c1. The number of H-pyrrole nitrogens is 1. The Morgan fingerprint density at radius 2 is 2.05 bits per heavy atom. The van der Waals surface area contributed by atoms with Gasteiger partial charge >= 0.3 is 0 Å². The molecular weight excluding hydrogens is 320 g/mol. The number of hydrogen-bond donors (Lipinski definition) is 2. The van der Waals surface area contributed by atoms with Crippen LogP contribution in [-0.2, 0) is 10.0 Å². The molecule has 2 N–H and O–H groups in total. The fourth-order valence-electron chi connectivity index (χ4n) is 1.86. The Labute approximate surface area is 125 Å². The van der Waals surface area contributed by atoms with E-state index in [1.165, 1.54) is 12.1 Å². The van der Waals surface area contributed by atoms with Gasteiger partial charge in [0.05, 0.1) is 22.0 Å². The average molecular weight is 331 g/mol. The summed E-state index contributed by atoms with van der Waals surface area (Å²) >= 11 is 5.68. The summed E-state index contributed by atoms with van der Waals surface area (Å²) in [6.45, 7) is 3.11. The summed E-state index contributed by atoms with van der Waals surface area (Å²) < 4.78 is 26.9. The Balaban J connectivity index is 2.42. The van der Waals surface area contributed by atoms with Crippen molar-refractivity contribution in [3.8, 4) is 0 Å². The van der Waals surface area contributed by atoms with E-state index >= 15 is 0 Å². The number of nitro benzene ring substituents is 1. The van der Waals surface area contributed by atoms with E-state index in [2.05, 4.69) is 14.9 Å². The summed E-state index contributed by atoms with van der Waals surface area (Å²) in [7, 11) is -3.90. The van der Waals surface area contributed by atoms with Crippen LogP contribution in [0.1, 0.15) is 11.4 Å². The number of nitro groups is 1. The molecule has 0 atom stereocenters. The van der Waals surface area contributed by atoms with Gasteiger partial charge in [0.15, 0.2) is 0 Å². The lowest BCUT2D eigenvalue weighted by Crippen LogP contribution is -2.14. The Hall–Kier alpha value is -2.13. The molecule has 0 fully saturated rings. The highest BCUT2D eigenvalue weighted by Crippen LogP contribution is 2.29. The van der Waals surface area contributed by atoms with Gasteiger partial charge in [-0.05, 0) is 26.0 Å². The maximum atomic E-state index is 12.3. The average Bonchev–Trinajstić information content (AvgIpc) is 2.71. The van der Waals surface area contributed by atoms with Crippen molar-refractivity contribution in [1.29, 1.82) is 0 Å². The maximum absolute atomic E-state index is 12.3. The Morgan fingerprint density at radius 1 is 1.38 bits per heavy atom. The van der Waals surface area contributed by atoms with Crippen molar-refractivity contribution in [2.75, 3.05) is 4.72 Å². The summed E-state index contributed by atoms with van der Waals surface area (Å²) in [5, 5.41) is 17.1. The molecule has 0 spiro atoms. The monoisotopic (exact) mass is 330 g/mol. The van der Waals surface area contributed by atoms with Crippen LogP contribution in [0, 0.1) is 24.0 Å². The fourth-order valence-corrected chi connectivity index (χ4v) is 3.47. The molecule has 2 aromatic rings.